The van der Waals surface area contributed by atoms with Crippen LogP contribution in [0.3, 0.4) is 0 Å². The van der Waals surface area contributed by atoms with Gasteiger partial charge in [-0.1, -0.05) is 0 Å². The standard InChI is InChI=1S/Co.2HO4Si/c;2*1-4-5(2)3/h;2*1H/q+2;2*-1. The second-order valence-corrected chi connectivity index (χ2v) is 2.05. The van der Waals surface area contributed by atoms with Gasteiger partial charge in [-0.25, -0.2) is 0 Å². The van der Waals surface area contributed by atoms with Crippen LogP contribution in [0.5, 0.6) is 0 Å². The number of hydrogen-bond donors (Lipinski definition) is 2. The molecule has 8 nitrogen and oxygen atoms in total. The van der Waals surface area contributed by atoms with E-state index in [1.807, 2.05) is 0 Å². The zero-order chi connectivity index (χ0) is 8.57. The van der Waals surface area contributed by atoms with Crippen molar-refractivity contribution in [1.29, 1.82) is 0 Å². The largest absolute Gasteiger partial charge is 2.00 e. The van der Waals surface area contributed by atoms with Gasteiger partial charge in [0.15, 0.2) is 0 Å². The first-order valence-corrected chi connectivity index (χ1v) is 4.04. The first kappa shape index (κ1) is 17.0. The molecule has 0 unspecified atom stereocenters. The molecular weight excluding hydrogens is 243 g/mol. The van der Waals surface area contributed by atoms with E-state index in [0.29, 0.717) is 0 Å². The topological polar surface area (TPSA) is 139 Å². The molecule has 0 saturated carbocycles. The second-order valence-electron chi connectivity index (χ2n) is 0.683. The summed E-state index contributed by atoms with van der Waals surface area (Å²) >= 11 is 0. The van der Waals surface area contributed by atoms with Gasteiger partial charge in [-0.3, -0.25) is 10.5 Å². The predicted octanol–water partition coefficient (Wildman–Crippen LogP) is -3.50. The van der Waals surface area contributed by atoms with Crippen LogP contribution in [-0.4, -0.2) is 28.9 Å². The molecule has 0 fully saturated rings. The maximum absolute atomic E-state index is 8.97. The predicted molar refractivity (Wildman–Crippen MR) is 20.3 cm³/mol. The molecule has 0 amide bonds. The van der Waals surface area contributed by atoms with E-state index in [1.54, 1.807) is 0 Å². The Balaban J connectivity index is -0.000000107. The Kier molecular flexibility index (Phi) is 19.0. The van der Waals surface area contributed by atoms with E-state index in [0.717, 1.165) is 0 Å². The van der Waals surface area contributed by atoms with Gasteiger partial charge in [0.2, 0.25) is 0 Å². The zero-order valence-electron chi connectivity index (χ0n) is 4.68. The molecule has 11 heavy (non-hydrogen) atoms. The van der Waals surface area contributed by atoms with E-state index >= 15 is 0 Å². The van der Waals surface area contributed by atoms with Gasteiger partial charge >= 0.3 is 35.1 Å². The van der Waals surface area contributed by atoms with Gasteiger partial charge < -0.3 is 27.7 Å². The molecule has 0 atom stereocenters. The van der Waals surface area contributed by atoms with E-state index in [-0.39, 0.29) is 16.8 Å². The minimum Gasteiger partial charge on any atom is -0.478 e. The Morgan fingerprint density at radius 2 is 1.09 bits per heavy atom. The molecule has 0 aliphatic rings. The average molecular weight is 245 g/mol. The van der Waals surface area contributed by atoms with Crippen molar-refractivity contribution in [2.24, 2.45) is 0 Å². The minimum absolute atomic E-state index is 0. The normalized spacial score (nSPS) is 6.00. The fourth-order valence-corrected chi connectivity index (χ4v) is 0. The van der Waals surface area contributed by atoms with Gasteiger partial charge in [-0.05, 0) is 0 Å². The average Bonchev–Trinajstić information content (AvgIpc) is 1.89. The van der Waals surface area contributed by atoms with E-state index in [4.69, 9.17) is 29.0 Å². The van der Waals surface area contributed by atoms with Crippen LogP contribution in [-0.2, 0) is 34.9 Å². The summed E-state index contributed by atoms with van der Waals surface area (Å²) in [6.45, 7) is 0. The Hall–Kier alpha value is -0.340. The monoisotopic (exact) mass is 245 g/mol. The molecule has 2 N–H and O–H groups in total. The molecule has 0 aromatic heterocycles. The van der Waals surface area contributed by atoms with Gasteiger partial charge in [0.25, 0.3) is 0 Å². The number of hydrogen-bond acceptors (Lipinski definition) is 8. The van der Waals surface area contributed by atoms with Gasteiger partial charge in [0.05, 0.1) is 0 Å². The second kappa shape index (κ2) is 12.3. The van der Waals surface area contributed by atoms with Gasteiger partial charge in [0.1, 0.15) is 0 Å². The van der Waals surface area contributed by atoms with Crippen molar-refractivity contribution < 1.29 is 55.0 Å². The fraction of sp³-hybridized carbons (Fsp3) is 0. The van der Waals surface area contributed by atoms with Crippen LogP contribution in [0.15, 0.2) is 0 Å². The van der Waals surface area contributed by atoms with Gasteiger partial charge in [-0.2, -0.15) is 0 Å². The van der Waals surface area contributed by atoms with Crippen molar-refractivity contribution in [2.45, 2.75) is 0 Å². The summed E-state index contributed by atoms with van der Waals surface area (Å²) in [6.07, 6.45) is 0. The third-order valence-electron chi connectivity index (χ3n) is 0.149. The summed E-state index contributed by atoms with van der Waals surface area (Å²) in [5.41, 5.74) is 0. The minimum atomic E-state index is -3.32. The summed E-state index contributed by atoms with van der Waals surface area (Å²) in [5.74, 6) is 0. The molecule has 0 rings (SSSR count). The van der Waals surface area contributed by atoms with Crippen molar-refractivity contribution in [3.63, 3.8) is 0 Å². The summed E-state index contributed by atoms with van der Waals surface area (Å²) < 4.78 is 23.4. The van der Waals surface area contributed by atoms with Crippen LogP contribution in [0.4, 0.5) is 0 Å². The molecule has 1 radical (unpaired) electrons. The van der Waals surface area contributed by atoms with Crippen molar-refractivity contribution >= 4 is 18.3 Å². The van der Waals surface area contributed by atoms with E-state index in [1.165, 1.54) is 0 Å². The molecule has 0 heterocycles. The van der Waals surface area contributed by atoms with Crippen LogP contribution in [0.2, 0.25) is 0 Å². The molecule has 67 valence electrons. The summed E-state index contributed by atoms with van der Waals surface area (Å²) in [4.78, 5) is 17.9. The Labute approximate surface area is 73.9 Å². The summed E-state index contributed by atoms with van der Waals surface area (Å²) in [5, 5.41) is 14.1. The van der Waals surface area contributed by atoms with Crippen molar-refractivity contribution in [2.75, 3.05) is 0 Å². The molecule has 11 heteroatoms. The molecule has 0 spiro atoms. The van der Waals surface area contributed by atoms with Gasteiger partial charge in [-0.15, -0.1) is 0 Å². The van der Waals surface area contributed by atoms with Crippen LogP contribution >= 0.6 is 0 Å². The molecule has 0 aliphatic carbocycles. The first-order valence-electron chi connectivity index (χ1n) is 1.59. The smallest absolute Gasteiger partial charge is 0.478 e. The maximum atomic E-state index is 8.97. The number of rotatable bonds is 2. The van der Waals surface area contributed by atoms with E-state index < -0.39 is 18.3 Å². The molecule has 0 bridgehead atoms. The Bertz CT molecular complexity index is 96.7. The molecule has 0 aromatic carbocycles. The quantitative estimate of drug-likeness (QED) is 0.290. The Morgan fingerprint density at radius 3 is 1.09 bits per heavy atom. The third kappa shape index (κ3) is 42.3. The molecule has 0 saturated heterocycles. The van der Waals surface area contributed by atoms with E-state index in [2.05, 4.69) is 9.15 Å². The van der Waals surface area contributed by atoms with Crippen molar-refractivity contribution in [1.82, 2.24) is 0 Å². The van der Waals surface area contributed by atoms with Crippen molar-refractivity contribution in [3.8, 4) is 0 Å². The first-order chi connectivity index (χ1) is 4.54. The zero-order valence-corrected chi connectivity index (χ0v) is 7.72. The summed E-state index contributed by atoms with van der Waals surface area (Å²) in [7, 11) is -6.64. The van der Waals surface area contributed by atoms with Gasteiger partial charge in [0, 0.05) is 0 Å². The maximum Gasteiger partial charge on any atom is 2.00 e. The third-order valence-corrected chi connectivity index (χ3v) is 0.447. The van der Waals surface area contributed by atoms with Crippen LogP contribution in [0.1, 0.15) is 0 Å². The Morgan fingerprint density at radius 1 is 1.00 bits per heavy atom. The fourth-order valence-electron chi connectivity index (χ4n) is 0. The van der Waals surface area contributed by atoms with Crippen LogP contribution < -0.4 is 9.59 Å². The van der Waals surface area contributed by atoms with Crippen molar-refractivity contribution in [3.05, 3.63) is 0 Å². The molecular formula is H2CoO8Si2. The molecule has 0 aromatic rings. The summed E-state index contributed by atoms with van der Waals surface area (Å²) in [6, 6.07) is 0. The van der Waals surface area contributed by atoms with E-state index in [9.17, 15) is 0 Å². The SMILES string of the molecule is O=[Si]([O-])OO.O=[Si]([O-])OO.[Co+2]. The molecule has 0 aliphatic heterocycles. The van der Waals surface area contributed by atoms with Crippen LogP contribution in [0.25, 0.3) is 0 Å². The van der Waals surface area contributed by atoms with Crippen LogP contribution in [0, 0.1) is 0 Å².